The molecular formula is C22H13ClFN3O4S. The summed E-state index contributed by atoms with van der Waals surface area (Å²) in [5.41, 5.74) is 0.314. The Morgan fingerprint density at radius 2 is 1.91 bits per heavy atom. The van der Waals surface area contributed by atoms with Gasteiger partial charge in [0.25, 0.3) is 11.2 Å². The number of benzene rings is 3. The minimum atomic E-state index is -0.632. The molecule has 0 fully saturated rings. The predicted molar refractivity (Wildman–Crippen MR) is 120 cm³/mol. The van der Waals surface area contributed by atoms with Crippen molar-refractivity contribution < 1.29 is 14.1 Å². The van der Waals surface area contributed by atoms with Gasteiger partial charge in [-0.1, -0.05) is 47.6 Å². The van der Waals surface area contributed by atoms with Gasteiger partial charge in [-0.25, -0.2) is 9.37 Å². The molecule has 1 aromatic heterocycles. The van der Waals surface area contributed by atoms with E-state index in [4.69, 9.17) is 11.6 Å². The SMILES string of the molecule is O=C(CSc1nc2ccccc2c(=O)n1-c1ccc(F)c(Cl)c1)c1cccc([N+](=O)[O-])c1. The van der Waals surface area contributed by atoms with E-state index < -0.39 is 16.3 Å². The zero-order valence-corrected chi connectivity index (χ0v) is 17.8. The summed E-state index contributed by atoms with van der Waals surface area (Å²) in [5.74, 6) is -1.13. The number of non-ortho nitro benzene ring substituents is 1. The number of halogens is 2. The summed E-state index contributed by atoms with van der Waals surface area (Å²) in [6.07, 6.45) is 0. The number of nitro benzene ring substituents is 1. The third-order valence-electron chi connectivity index (χ3n) is 4.62. The summed E-state index contributed by atoms with van der Waals surface area (Å²) in [7, 11) is 0. The summed E-state index contributed by atoms with van der Waals surface area (Å²) >= 11 is 6.90. The van der Waals surface area contributed by atoms with Crippen molar-refractivity contribution in [2.24, 2.45) is 0 Å². The lowest BCUT2D eigenvalue weighted by molar-refractivity contribution is -0.384. The van der Waals surface area contributed by atoms with Crippen LogP contribution in [0.1, 0.15) is 10.4 Å². The maximum atomic E-state index is 13.7. The Bertz CT molecular complexity index is 1440. The fourth-order valence-corrected chi connectivity index (χ4v) is 4.15. The number of carbonyl (C=O) groups is 1. The van der Waals surface area contributed by atoms with Crippen molar-refractivity contribution in [2.45, 2.75) is 5.16 Å². The fourth-order valence-electron chi connectivity index (χ4n) is 3.07. The zero-order chi connectivity index (χ0) is 22.8. The van der Waals surface area contributed by atoms with E-state index in [9.17, 15) is 24.1 Å². The van der Waals surface area contributed by atoms with Gasteiger partial charge in [-0.3, -0.25) is 24.3 Å². The number of ketones is 1. The summed E-state index contributed by atoms with van der Waals surface area (Å²) < 4.78 is 14.9. The van der Waals surface area contributed by atoms with E-state index in [1.807, 2.05) is 0 Å². The van der Waals surface area contributed by atoms with Crippen molar-refractivity contribution in [1.82, 2.24) is 9.55 Å². The van der Waals surface area contributed by atoms with E-state index in [1.54, 1.807) is 24.3 Å². The average molecular weight is 470 g/mol. The molecule has 0 saturated heterocycles. The largest absolute Gasteiger partial charge is 0.293 e. The molecule has 0 aliphatic heterocycles. The summed E-state index contributed by atoms with van der Waals surface area (Å²) in [6.45, 7) is 0. The van der Waals surface area contributed by atoms with Crippen molar-refractivity contribution >= 4 is 45.7 Å². The standard InChI is InChI=1S/C22H13ClFN3O4S/c23-17-11-14(8-9-18(17)24)26-21(29)16-6-1-2-7-19(16)25-22(26)32-12-20(28)13-4-3-5-15(10-13)27(30)31/h1-11H,12H2. The molecular weight excluding hydrogens is 457 g/mol. The molecule has 0 amide bonds. The van der Waals surface area contributed by atoms with Gasteiger partial charge in [-0.2, -0.15) is 0 Å². The molecule has 0 aliphatic rings. The van der Waals surface area contributed by atoms with E-state index in [-0.39, 0.29) is 33.0 Å². The summed E-state index contributed by atoms with van der Waals surface area (Å²) in [5, 5.41) is 11.4. The van der Waals surface area contributed by atoms with Crippen LogP contribution in [0.3, 0.4) is 0 Å². The fraction of sp³-hybridized carbons (Fsp3) is 0.0455. The first kappa shape index (κ1) is 21.7. The van der Waals surface area contributed by atoms with Gasteiger partial charge in [0.1, 0.15) is 5.82 Å². The van der Waals surface area contributed by atoms with Crippen LogP contribution >= 0.6 is 23.4 Å². The van der Waals surface area contributed by atoms with Crippen LogP contribution in [0.25, 0.3) is 16.6 Å². The molecule has 4 rings (SSSR count). The van der Waals surface area contributed by atoms with Gasteiger partial charge in [0.2, 0.25) is 0 Å². The molecule has 4 aromatic rings. The van der Waals surface area contributed by atoms with Crippen molar-refractivity contribution in [3.8, 4) is 5.69 Å². The number of hydrogen-bond donors (Lipinski definition) is 0. The number of fused-ring (bicyclic) bond motifs is 1. The number of nitrogens with zero attached hydrogens (tertiary/aromatic N) is 3. The number of nitro groups is 1. The first-order valence-electron chi connectivity index (χ1n) is 9.23. The highest BCUT2D eigenvalue weighted by atomic mass is 35.5. The second-order valence-corrected chi connectivity index (χ2v) is 8.02. The molecule has 1 heterocycles. The van der Waals surface area contributed by atoms with Crippen molar-refractivity contribution in [3.63, 3.8) is 0 Å². The average Bonchev–Trinajstić information content (AvgIpc) is 2.79. The number of hydrogen-bond acceptors (Lipinski definition) is 6. The summed E-state index contributed by atoms with van der Waals surface area (Å²) in [4.78, 5) is 40.8. The lowest BCUT2D eigenvalue weighted by Gasteiger charge is -2.13. The Kier molecular flexibility index (Phi) is 6.02. The molecule has 0 saturated carbocycles. The van der Waals surface area contributed by atoms with Gasteiger partial charge in [0, 0.05) is 17.7 Å². The molecule has 0 radical (unpaired) electrons. The van der Waals surface area contributed by atoms with Gasteiger partial charge < -0.3 is 0 Å². The number of aromatic nitrogens is 2. The van der Waals surface area contributed by atoms with Crippen LogP contribution in [0.15, 0.2) is 76.7 Å². The number of thioether (sulfide) groups is 1. The Labute approximate surface area is 189 Å². The Balaban J connectivity index is 1.75. The van der Waals surface area contributed by atoms with Crippen LogP contribution in [-0.4, -0.2) is 26.0 Å². The molecule has 160 valence electrons. The maximum Gasteiger partial charge on any atom is 0.270 e. The number of Topliss-reactive ketones (excluding diaryl/α,β-unsaturated/α-hetero) is 1. The highest BCUT2D eigenvalue weighted by Crippen LogP contribution is 2.25. The minimum absolute atomic E-state index is 0.124. The van der Waals surface area contributed by atoms with Gasteiger partial charge in [0.15, 0.2) is 10.9 Å². The molecule has 10 heteroatoms. The zero-order valence-electron chi connectivity index (χ0n) is 16.2. The van der Waals surface area contributed by atoms with Gasteiger partial charge >= 0.3 is 0 Å². The van der Waals surface area contributed by atoms with Gasteiger partial charge in [0.05, 0.1) is 32.3 Å². The van der Waals surface area contributed by atoms with Gasteiger partial charge in [-0.15, -0.1) is 0 Å². The van der Waals surface area contributed by atoms with E-state index in [1.165, 1.54) is 41.0 Å². The smallest absolute Gasteiger partial charge is 0.270 e. The first-order valence-corrected chi connectivity index (χ1v) is 10.6. The van der Waals surface area contributed by atoms with Crippen LogP contribution in [0, 0.1) is 15.9 Å². The monoisotopic (exact) mass is 469 g/mol. The second kappa shape index (κ2) is 8.89. The lowest BCUT2D eigenvalue weighted by Crippen LogP contribution is -2.22. The molecule has 0 N–H and O–H groups in total. The number of para-hydroxylation sites is 1. The topological polar surface area (TPSA) is 95.1 Å². The molecule has 0 bridgehead atoms. The van der Waals surface area contributed by atoms with E-state index in [0.29, 0.717) is 16.6 Å². The second-order valence-electron chi connectivity index (χ2n) is 6.67. The van der Waals surface area contributed by atoms with E-state index >= 15 is 0 Å². The molecule has 7 nitrogen and oxygen atoms in total. The van der Waals surface area contributed by atoms with Crippen LogP contribution in [0.2, 0.25) is 5.02 Å². The van der Waals surface area contributed by atoms with Crippen LogP contribution < -0.4 is 5.56 Å². The Morgan fingerprint density at radius 3 is 2.66 bits per heavy atom. The molecule has 0 spiro atoms. The normalized spacial score (nSPS) is 10.9. The van der Waals surface area contributed by atoms with Crippen LogP contribution in [0.5, 0.6) is 0 Å². The lowest BCUT2D eigenvalue weighted by atomic mass is 10.1. The first-order chi connectivity index (χ1) is 15.3. The van der Waals surface area contributed by atoms with Crippen molar-refractivity contribution in [2.75, 3.05) is 5.75 Å². The minimum Gasteiger partial charge on any atom is -0.293 e. The summed E-state index contributed by atoms with van der Waals surface area (Å²) in [6, 6.07) is 16.0. The number of rotatable bonds is 6. The third-order valence-corrected chi connectivity index (χ3v) is 5.85. The van der Waals surface area contributed by atoms with Crippen LogP contribution in [-0.2, 0) is 0 Å². The Morgan fingerprint density at radius 1 is 1.12 bits per heavy atom. The molecule has 32 heavy (non-hydrogen) atoms. The number of carbonyl (C=O) groups excluding carboxylic acids is 1. The van der Waals surface area contributed by atoms with Crippen molar-refractivity contribution in [3.05, 3.63) is 104 Å². The molecule has 0 atom stereocenters. The maximum absolute atomic E-state index is 13.7. The van der Waals surface area contributed by atoms with E-state index in [2.05, 4.69) is 4.98 Å². The highest BCUT2D eigenvalue weighted by Gasteiger charge is 2.17. The third kappa shape index (κ3) is 4.25. The molecule has 0 unspecified atom stereocenters. The van der Waals surface area contributed by atoms with Gasteiger partial charge in [-0.05, 0) is 30.3 Å². The van der Waals surface area contributed by atoms with Crippen LogP contribution in [0.4, 0.5) is 10.1 Å². The van der Waals surface area contributed by atoms with E-state index in [0.717, 1.165) is 17.8 Å². The quantitative estimate of drug-likeness (QED) is 0.129. The molecule has 0 aliphatic carbocycles. The molecule has 3 aromatic carbocycles. The Hall–Kier alpha value is -3.56. The predicted octanol–water partition coefficient (Wildman–Crippen LogP) is 5.06. The highest BCUT2D eigenvalue weighted by molar-refractivity contribution is 7.99. The van der Waals surface area contributed by atoms with Crippen molar-refractivity contribution in [1.29, 1.82) is 0 Å².